The minimum atomic E-state index is -1.08. The molecule has 0 atom stereocenters. The Labute approximate surface area is 154 Å². The topological polar surface area (TPSA) is 116 Å². The largest absolute Gasteiger partial charge is 0.478 e. The van der Waals surface area contributed by atoms with Crippen molar-refractivity contribution in [1.82, 2.24) is 10.2 Å². The lowest BCUT2D eigenvalue weighted by Crippen LogP contribution is -2.30. The SMILES string of the molecule is O=C(Cc1ccccc1C(=O)O)Nc1ccc(CN2C(=O)CNC2=O)cc1. The van der Waals surface area contributed by atoms with E-state index in [1.54, 1.807) is 42.5 Å². The van der Waals surface area contributed by atoms with Gasteiger partial charge >= 0.3 is 12.0 Å². The van der Waals surface area contributed by atoms with Crippen LogP contribution in [0, 0.1) is 0 Å². The summed E-state index contributed by atoms with van der Waals surface area (Å²) in [5, 5.41) is 14.3. The third-order valence-electron chi connectivity index (χ3n) is 4.11. The molecule has 2 aromatic rings. The van der Waals surface area contributed by atoms with Crippen LogP contribution in [-0.2, 0) is 22.6 Å². The summed E-state index contributed by atoms with van der Waals surface area (Å²) in [6.07, 6.45) is -0.0628. The molecule has 0 radical (unpaired) electrons. The van der Waals surface area contributed by atoms with E-state index < -0.39 is 12.0 Å². The van der Waals surface area contributed by atoms with Crippen molar-refractivity contribution in [3.63, 3.8) is 0 Å². The summed E-state index contributed by atoms with van der Waals surface area (Å²) < 4.78 is 0. The highest BCUT2D eigenvalue weighted by atomic mass is 16.4. The Bertz CT molecular complexity index is 892. The van der Waals surface area contributed by atoms with E-state index in [0.717, 1.165) is 10.5 Å². The first-order chi connectivity index (χ1) is 12.9. The average Bonchev–Trinajstić information content (AvgIpc) is 2.95. The van der Waals surface area contributed by atoms with Gasteiger partial charge in [-0.05, 0) is 29.3 Å². The molecular weight excluding hydrogens is 350 g/mol. The summed E-state index contributed by atoms with van der Waals surface area (Å²) in [5.41, 5.74) is 1.80. The fourth-order valence-corrected chi connectivity index (χ4v) is 2.75. The molecule has 0 bridgehead atoms. The smallest absolute Gasteiger partial charge is 0.335 e. The van der Waals surface area contributed by atoms with E-state index in [1.807, 2.05) is 0 Å². The molecule has 8 nitrogen and oxygen atoms in total. The fourth-order valence-electron chi connectivity index (χ4n) is 2.75. The normalized spacial score (nSPS) is 13.4. The number of carbonyl (C=O) groups is 4. The maximum Gasteiger partial charge on any atom is 0.335 e. The molecule has 1 fully saturated rings. The molecule has 0 aromatic heterocycles. The Kier molecular flexibility index (Phi) is 5.16. The van der Waals surface area contributed by atoms with Crippen molar-refractivity contribution in [2.24, 2.45) is 0 Å². The Morgan fingerprint density at radius 2 is 1.78 bits per heavy atom. The minimum absolute atomic E-state index is 0.00475. The fraction of sp³-hybridized carbons (Fsp3) is 0.158. The molecule has 1 aliphatic rings. The zero-order valence-electron chi connectivity index (χ0n) is 14.3. The number of nitrogens with zero attached hydrogens (tertiary/aromatic N) is 1. The number of benzene rings is 2. The molecule has 0 aliphatic carbocycles. The van der Waals surface area contributed by atoms with Gasteiger partial charge in [-0.25, -0.2) is 9.59 Å². The molecule has 3 rings (SSSR count). The molecule has 0 saturated carbocycles. The molecule has 27 heavy (non-hydrogen) atoms. The van der Waals surface area contributed by atoms with Crippen molar-refractivity contribution in [3.05, 3.63) is 65.2 Å². The molecule has 4 amide bonds. The van der Waals surface area contributed by atoms with E-state index in [1.165, 1.54) is 6.07 Å². The summed E-state index contributed by atoms with van der Waals surface area (Å²) in [7, 11) is 0. The van der Waals surface area contributed by atoms with Crippen molar-refractivity contribution in [2.45, 2.75) is 13.0 Å². The first kappa shape index (κ1) is 18.1. The molecule has 3 N–H and O–H groups in total. The van der Waals surface area contributed by atoms with Gasteiger partial charge in [0.1, 0.15) is 0 Å². The number of hydrogen-bond donors (Lipinski definition) is 3. The average molecular weight is 367 g/mol. The molecule has 138 valence electrons. The number of urea groups is 1. The van der Waals surface area contributed by atoms with E-state index >= 15 is 0 Å². The van der Waals surface area contributed by atoms with E-state index in [2.05, 4.69) is 10.6 Å². The van der Waals surface area contributed by atoms with Crippen LogP contribution in [0.5, 0.6) is 0 Å². The lowest BCUT2D eigenvalue weighted by molar-refractivity contribution is -0.125. The molecule has 0 spiro atoms. The quantitative estimate of drug-likeness (QED) is 0.671. The molecule has 0 unspecified atom stereocenters. The third-order valence-corrected chi connectivity index (χ3v) is 4.11. The molecule has 1 saturated heterocycles. The van der Waals surface area contributed by atoms with Crippen LogP contribution in [0.3, 0.4) is 0 Å². The van der Waals surface area contributed by atoms with Crippen LogP contribution in [0.25, 0.3) is 0 Å². The van der Waals surface area contributed by atoms with Gasteiger partial charge in [-0.15, -0.1) is 0 Å². The predicted molar refractivity (Wildman–Crippen MR) is 96.1 cm³/mol. The Morgan fingerprint density at radius 1 is 1.07 bits per heavy atom. The number of amides is 4. The number of nitrogens with one attached hydrogen (secondary N) is 2. The van der Waals surface area contributed by atoms with Gasteiger partial charge in [-0.1, -0.05) is 30.3 Å². The number of imide groups is 1. The summed E-state index contributed by atoms with van der Waals surface area (Å²) in [6.45, 7) is 0.162. The zero-order chi connectivity index (χ0) is 19.4. The van der Waals surface area contributed by atoms with Crippen LogP contribution in [0.4, 0.5) is 10.5 Å². The number of aromatic carboxylic acids is 1. The van der Waals surface area contributed by atoms with E-state index in [4.69, 9.17) is 5.11 Å². The second-order valence-corrected chi connectivity index (χ2v) is 6.02. The maximum absolute atomic E-state index is 12.2. The lowest BCUT2D eigenvalue weighted by atomic mass is 10.0. The van der Waals surface area contributed by atoms with Gasteiger partial charge < -0.3 is 15.7 Å². The number of hydrogen-bond acceptors (Lipinski definition) is 4. The molecule has 8 heteroatoms. The highest BCUT2D eigenvalue weighted by molar-refractivity contribution is 6.01. The number of carboxylic acid groups (broad SMARTS) is 1. The second-order valence-electron chi connectivity index (χ2n) is 6.02. The van der Waals surface area contributed by atoms with Gasteiger partial charge in [0.15, 0.2) is 0 Å². The van der Waals surface area contributed by atoms with Crippen molar-refractivity contribution in [2.75, 3.05) is 11.9 Å². The van der Waals surface area contributed by atoms with E-state index in [9.17, 15) is 19.2 Å². The van der Waals surface area contributed by atoms with Crippen LogP contribution in [0.15, 0.2) is 48.5 Å². The number of carboxylic acids is 1. The number of anilines is 1. The van der Waals surface area contributed by atoms with Crippen molar-refractivity contribution < 1.29 is 24.3 Å². The van der Waals surface area contributed by atoms with Crippen LogP contribution in [0.2, 0.25) is 0 Å². The van der Waals surface area contributed by atoms with Gasteiger partial charge in [-0.3, -0.25) is 14.5 Å². The minimum Gasteiger partial charge on any atom is -0.478 e. The molecular formula is C19H17N3O5. The summed E-state index contributed by atoms with van der Waals surface area (Å²) >= 11 is 0. The second kappa shape index (κ2) is 7.69. The van der Waals surface area contributed by atoms with E-state index in [-0.39, 0.29) is 36.9 Å². The molecule has 1 aliphatic heterocycles. The van der Waals surface area contributed by atoms with Crippen molar-refractivity contribution in [1.29, 1.82) is 0 Å². The zero-order valence-corrected chi connectivity index (χ0v) is 14.3. The highest BCUT2D eigenvalue weighted by Crippen LogP contribution is 2.15. The van der Waals surface area contributed by atoms with E-state index in [0.29, 0.717) is 11.3 Å². The summed E-state index contributed by atoms with van der Waals surface area (Å²) in [4.78, 5) is 47.7. The molecule has 1 heterocycles. The van der Waals surface area contributed by atoms with Crippen molar-refractivity contribution >= 4 is 29.5 Å². The van der Waals surface area contributed by atoms with Gasteiger partial charge in [0.2, 0.25) is 11.8 Å². The van der Waals surface area contributed by atoms with Crippen molar-refractivity contribution in [3.8, 4) is 0 Å². The van der Waals surface area contributed by atoms with Crippen LogP contribution in [0.1, 0.15) is 21.5 Å². The van der Waals surface area contributed by atoms with Crippen LogP contribution >= 0.6 is 0 Å². The van der Waals surface area contributed by atoms with Crippen LogP contribution in [-0.4, -0.2) is 40.4 Å². The van der Waals surface area contributed by atoms with Gasteiger partial charge in [0.05, 0.1) is 25.1 Å². The summed E-state index contributed by atoms with van der Waals surface area (Å²) in [5.74, 6) is -1.71. The Hall–Kier alpha value is -3.68. The standard InChI is InChI=1S/C19H17N3O5/c23-16(9-13-3-1-2-4-15(13)18(25)26)21-14-7-5-12(6-8-14)11-22-17(24)10-20-19(22)27/h1-8H,9-11H2,(H,20,27)(H,21,23)(H,25,26). The van der Waals surface area contributed by atoms with Gasteiger partial charge in [0, 0.05) is 5.69 Å². The molecule has 2 aromatic carbocycles. The third kappa shape index (κ3) is 4.30. The number of carbonyl (C=O) groups excluding carboxylic acids is 3. The van der Waals surface area contributed by atoms with Gasteiger partial charge in [-0.2, -0.15) is 0 Å². The van der Waals surface area contributed by atoms with Gasteiger partial charge in [0.25, 0.3) is 0 Å². The maximum atomic E-state index is 12.2. The van der Waals surface area contributed by atoms with Crippen LogP contribution < -0.4 is 10.6 Å². The predicted octanol–water partition coefficient (Wildman–Crippen LogP) is 1.62. The summed E-state index contributed by atoms with van der Waals surface area (Å²) in [6, 6.07) is 12.7. The highest BCUT2D eigenvalue weighted by Gasteiger charge is 2.28. The Morgan fingerprint density at radius 3 is 2.41 bits per heavy atom. The monoisotopic (exact) mass is 367 g/mol. The first-order valence-electron chi connectivity index (χ1n) is 8.22. The lowest BCUT2D eigenvalue weighted by Gasteiger charge is -2.13. The first-order valence-corrected chi connectivity index (χ1v) is 8.22. The Balaban J connectivity index is 1.61. The number of rotatable bonds is 6.